The van der Waals surface area contributed by atoms with Crippen molar-refractivity contribution in [2.75, 3.05) is 7.11 Å². The second-order valence-electron chi connectivity index (χ2n) is 8.22. The topological polar surface area (TPSA) is 83.6 Å². The molecule has 34 heavy (non-hydrogen) atoms. The summed E-state index contributed by atoms with van der Waals surface area (Å²) in [5, 5.41) is 14.3. The van der Waals surface area contributed by atoms with E-state index in [4.69, 9.17) is 21.1 Å². The molecule has 6 nitrogen and oxygen atoms in total. The summed E-state index contributed by atoms with van der Waals surface area (Å²) in [7, 11) is 1.56. The summed E-state index contributed by atoms with van der Waals surface area (Å²) >= 11 is 6.52. The number of carboxylic acids is 1. The summed E-state index contributed by atoms with van der Waals surface area (Å²) in [5.74, 6) is 0.0462. The van der Waals surface area contributed by atoms with Crippen LogP contribution in [0.4, 0.5) is 0 Å². The van der Waals surface area contributed by atoms with Crippen LogP contribution in [0, 0.1) is 6.92 Å². The van der Waals surface area contributed by atoms with E-state index >= 15 is 0 Å². The van der Waals surface area contributed by atoms with E-state index in [0.717, 1.165) is 33.2 Å². The number of H-pyrrole nitrogens is 1. The standard InChI is InChI=1S/C27H27ClN2O4/c1-17-6-5-7-18(10-17)16-34-26-22(28)11-19(12-25(26)33-2)14-29-24(27(31)32)13-20-15-30-23-9-4-3-8-21(20)23/h3-12,15,24,29-30H,13-14,16H2,1-2H3,(H,31,32)/t24-/m0/s1. The molecular weight excluding hydrogens is 452 g/mol. The number of rotatable bonds is 10. The number of aryl methyl sites for hydroxylation is 1. The predicted molar refractivity (Wildman–Crippen MR) is 134 cm³/mol. The molecule has 0 aliphatic rings. The van der Waals surface area contributed by atoms with Gasteiger partial charge in [-0.25, -0.2) is 0 Å². The first-order valence-corrected chi connectivity index (χ1v) is 11.4. The first kappa shape index (κ1) is 23.7. The molecule has 0 radical (unpaired) electrons. The zero-order valence-electron chi connectivity index (χ0n) is 19.1. The number of benzene rings is 3. The van der Waals surface area contributed by atoms with Crippen LogP contribution in [0.5, 0.6) is 11.5 Å². The Kier molecular flexibility index (Phi) is 7.40. The number of carbonyl (C=O) groups is 1. The molecule has 4 rings (SSSR count). The van der Waals surface area contributed by atoms with E-state index in [0.29, 0.717) is 36.1 Å². The van der Waals surface area contributed by atoms with Gasteiger partial charge in [-0.2, -0.15) is 0 Å². The summed E-state index contributed by atoms with van der Waals surface area (Å²) in [6.45, 7) is 2.70. The molecule has 0 saturated carbocycles. The van der Waals surface area contributed by atoms with E-state index in [2.05, 4.69) is 16.4 Å². The fourth-order valence-electron chi connectivity index (χ4n) is 3.98. The average molecular weight is 479 g/mol. The Labute approximate surface area is 203 Å². The van der Waals surface area contributed by atoms with E-state index in [1.54, 1.807) is 13.2 Å². The van der Waals surface area contributed by atoms with Gasteiger partial charge in [0.1, 0.15) is 12.6 Å². The maximum atomic E-state index is 11.9. The van der Waals surface area contributed by atoms with Crippen LogP contribution in [0.15, 0.2) is 66.9 Å². The van der Waals surface area contributed by atoms with Crippen molar-refractivity contribution in [2.24, 2.45) is 0 Å². The largest absolute Gasteiger partial charge is 0.493 e. The highest BCUT2D eigenvalue weighted by molar-refractivity contribution is 6.32. The number of carboxylic acid groups (broad SMARTS) is 1. The molecule has 4 aromatic rings. The van der Waals surface area contributed by atoms with Crippen molar-refractivity contribution in [3.05, 3.63) is 94.1 Å². The molecule has 0 spiro atoms. The normalized spacial score (nSPS) is 12.0. The van der Waals surface area contributed by atoms with Gasteiger partial charge in [0, 0.05) is 30.1 Å². The molecule has 1 atom stereocenters. The molecule has 1 heterocycles. The number of nitrogens with one attached hydrogen (secondary N) is 2. The fraction of sp³-hybridized carbons (Fsp3) is 0.222. The van der Waals surface area contributed by atoms with Crippen LogP contribution in [0.25, 0.3) is 10.9 Å². The minimum Gasteiger partial charge on any atom is -0.493 e. The Morgan fingerprint density at radius 1 is 1.12 bits per heavy atom. The second kappa shape index (κ2) is 10.6. The molecule has 3 aromatic carbocycles. The quantitative estimate of drug-likeness (QED) is 0.280. The molecule has 0 saturated heterocycles. The highest BCUT2D eigenvalue weighted by Gasteiger charge is 2.20. The van der Waals surface area contributed by atoms with Gasteiger partial charge in [-0.1, -0.05) is 59.6 Å². The maximum absolute atomic E-state index is 11.9. The molecule has 7 heteroatoms. The lowest BCUT2D eigenvalue weighted by atomic mass is 10.0. The number of halogens is 1. The number of fused-ring (bicyclic) bond motifs is 1. The van der Waals surface area contributed by atoms with Crippen molar-refractivity contribution >= 4 is 28.5 Å². The lowest BCUT2D eigenvalue weighted by Crippen LogP contribution is -2.38. The number of para-hydroxylation sites is 1. The smallest absolute Gasteiger partial charge is 0.321 e. The van der Waals surface area contributed by atoms with Crippen molar-refractivity contribution in [3.8, 4) is 11.5 Å². The SMILES string of the molecule is COc1cc(CN[C@@H](Cc2c[nH]c3ccccc23)C(=O)O)cc(Cl)c1OCc1cccc(C)c1. The molecule has 0 amide bonds. The van der Waals surface area contributed by atoms with E-state index in [1.165, 1.54) is 0 Å². The van der Waals surface area contributed by atoms with Crippen LogP contribution in [-0.2, 0) is 24.4 Å². The third-order valence-electron chi connectivity index (χ3n) is 5.70. The summed E-state index contributed by atoms with van der Waals surface area (Å²) in [5.41, 5.74) is 4.92. The highest BCUT2D eigenvalue weighted by atomic mass is 35.5. The number of aromatic amines is 1. The monoisotopic (exact) mass is 478 g/mol. The summed E-state index contributed by atoms with van der Waals surface area (Å²) in [4.78, 5) is 15.1. The van der Waals surface area contributed by atoms with Gasteiger partial charge in [0.05, 0.1) is 12.1 Å². The fourth-order valence-corrected chi connectivity index (χ4v) is 4.27. The first-order chi connectivity index (χ1) is 16.4. The number of aliphatic carboxylic acids is 1. The summed E-state index contributed by atoms with van der Waals surface area (Å²) < 4.78 is 11.5. The van der Waals surface area contributed by atoms with E-state index in [9.17, 15) is 9.90 Å². The van der Waals surface area contributed by atoms with Gasteiger partial charge in [0.25, 0.3) is 0 Å². The van der Waals surface area contributed by atoms with Crippen molar-refractivity contribution in [3.63, 3.8) is 0 Å². The van der Waals surface area contributed by atoms with Crippen molar-refractivity contribution in [2.45, 2.75) is 32.5 Å². The average Bonchev–Trinajstić information content (AvgIpc) is 3.23. The van der Waals surface area contributed by atoms with Crippen LogP contribution in [-0.4, -0.2) is 29.2 Å². The number of aromatic nitrogens is 1. The Morgan fingerprint density at radius 2 is 1.94 bits per heavy atom. The van der Waals surface area contributed by atoms with Gasteiger partial charge < -0.3 is 24.9 Å². The second-order valence-corrected chi connectivity index (χ2v) is 8.63. The van der Waals surface area contributed by atoms with Gasteiger partial charge in [-0.3, -0.25) is 4.79 Å². The van der Waals surface area contributed by atoms with Crippen LogP contribution in [0.3, 0.4) is 0 Å². The maximum Gasteiger partial charge on any atom is 0.321 e. The van der Waals surface area contributed by atoms with E-state index in [-0.39, 0.29) is 0 Å². The zero-order chi connectivity index (χ0) is 24.1. The zero-order valence-corrected chi connectivity index (χ0v) is 19.9. The third-order valence-corrected chi connectivity index (χ3v) is 5.99. The van der Waals surface area contributed by atoms with Crippen LogP contribution < -0.4 is 14.8 Å². The summed E-state index contributed by atoms with van der Waals surface area (Å²) in [6.07, 6.45) is 2.21. The molecule has 0 aliphatic heterocycles. The van der Waals surface area contributed by atoms with Gasteiger partial charge in [0.15, 0.2) is 11.5 Å². The Bertz CT molecular complexity index is 1300. The molecule has 0 fully saturated rings. The van der Waals surface area contributed by atoms with Gasteiger partial charge >= 0.3 is 5.97 Å². The van der Waals surface area contributed by atoms with Crippen molar-refractivity contribution in [1.82, 2.24) is 10.3 Å². The Hall–Kier alpha value is -3.48. The lowest BCUT2D eigenvalue weighted by Gasteiger charge is -2.17. The van der Waals surface area contributed by atoms with Crippen LogP contribution in [0.2, 0.25) is 5.02 Å². The number of hydrogen-bond donors (Lipinski definition) is 3. The lowest BCUT2D eigenvalue weighted by molar-refractivity contribution is -0.139. The molecular formula is C27H27ClN2O4. The minimum absolute atomic E-state index is 0.313. The summed E-state index contributed by atoms with van der Waals surface area (Å²) in [6, 6.07) is 18.7. The third kappa shape index (κ3) is 5.53. The predicted octanol–water partition coefficient (Wildman–Crippen LogP) is 5.50. The van der Waals surface area contributed by atoms with Crippen molar-refractivity contribution in [1.29, 1.82) is 0 Å². The minimum atomic E-state index is -0.915. The highest BCUT2D eigenvalue weighted by Crippen LogP contribution is 2.37. The number of methoxy groups -OCH3 is 1. The molecule has 1 aromatic heterocycles. The van der Waals surface area contributed by atoms with Crippen molar-refractivity contribution < 1.29 is 19.4 Å². The molecule has 0 unspecified atom stereocenters. The number of ether oxygens (including phenoxy) is 2. The van der Waals surface area contributed by atoms with Crippen LogP contribution in [0.1, 0.15) is 22.3 Å². The van der Waals surface area contributed by atoms with E-state index in [1.807, 2.05) is 61.7 Å². The van der Waals surface area contributed by atoms with Gasteiger partial charge in [-0.05, 0) is 41.8 Å². The Morgan fingerprint density at radius 3 is 2.71 bits per heavy atom. The molecule has 3 N–H and O–H groups in total. The van der Waals surface area contributed by atoms with Gasteiger partial charge in [-0.15, -0.1) is 0 Å². The molecule has 0 bridgehead atoms. The first-order valence-electron chi connectivity index (χ1n) is 11.0. The van der Waals surface area contributed by atoms with E-state index < -0.39 is 12.0 Å². The Balaban J connectivity index is 1.45. The van der Waals surface area contributed by atoms with Gasteiger partial charge in [0.2, 0.25) is 0 Å². The molecule has 0 aliphatic carbocycles. The molecule has 176 valence electrons. The number of hydrogen-bond acceptors (Lipinski definition) is 4. The van der Waals surface area contributed by atoms with Crippen LogP contribution >= 0.6 is 11.6 Å².